The Hall–Kier alpha value is -3.15. The van der Waals surface area contributed by atoms with Crippen LogP contribution in [0.3, 0.4) is 0 Å². The van der Waals surface area contributed by atoms with E-state index in [0.29, 0.717) is 22.9 Å². The third kappa shape index (κ3) is 2.29. The van der Waals surface area contributed by atoms with Gasteiger partial charge in [-0.05, 0) is 35.7 Å². The zero-order valence-electron chi connectivity index (χ0n) is 15.2. The van der Waals surface area contributed by atoms with Crippen LogP contribution < -0.4 is 9.80 Å². The fraction of sp³-hybridized carbons (Fsp3) is 0.286. The number of carbonyl (C=O) groups excluding carboxylic acids is 2. The van der Waals surface area contributed by atoms with E-state index in [0.717, 1.165) is 5.56 Å². The third-order valence-electron chi connectivity index (χ3n) is 5.42. The summed E-state index contributed by atoms with van der Waals surface area (Å²) in [7, 11) is 0. The Bertz CT molecular complexity index is 951. The molecule has 1 fully saturated rings. The number of hydrogen-bond donors (Lipinski definition) is 1. The second-order valence-corrected chi connectivity index (χ2v) is 7.25. The van der Waals surface area contributed by atoms with Crippen LogP contribution in [0.2, 0.25) is 0 Å². The van der Waals surface area contributed by atoms with Crippen LogP contribution in [0.25, 0.3) is 0 Å². The number of nitrogens with zero attached hydrogens (tertiary/aromatic N) is 2. The molecule has 0 spiro atoms. The number of carboxylic acids is 1. The van der Waals surface area contributed by atoms with Crippen molar-refractivity contribution in [3.63, 3.8) is 0 Å². The number of aliphatic carboxylic acids is 1. The van der Waals surface area contributed by atoms with E-state index in [1.165, 1.54) is 9.80 Å². The van der Waals surface area contributed by atoms with E-state index >= 15 is 0 Å². The van der Waals surface area contributed by atoms with Crippen molar-refractivity contribution in [3.05, 3.63) is 59.7 Å². The van der Waals surface area contributed by atoms with Crippen LogP contribution in [-0.4, -0.2) is 28.6 Å². The zero-order valence-corrected chi connectivity index (χ0v) is 15.2. The second-order valence-electron chi connectivity index (χ2n) is 7.25. The van der Waals surface area contributed by atoms with E-state index in [-0.39, 0.29) is 18.7 Å². The Morgan fingerprint density at radius 1 is 1.04 bits per heavy atom. The molecular weight excluding hydrogens is 344 g/mol. The number of rotatable bonds is 3. The molecule has 0 aromatic heterocycles. The number of amides is 2. The van der Waals surface area contributed by atoms with Crippen LogP contribution >= 0.6 is 0 Å². The first-order chi connectivity index (χ1) is 12.9. The molecule has 138 valence electrons. The molecule has 2 amide bonds. The van der Waals surface area contributed by atoms with Gasteiger partial charge in [-0.1, -0.05) is 38.1 Å². The molecule has 2 aromatic carbocycles. The first kappa shape index (κ1) is 17.3. The summed E-state index contributed by atoms with van der Waals surface area (Å²) in [6.45, 7) is 4.13. The molecule has 0 saturated carbocycles. The fourth-order valence-corrected chi connectivity index (χ4v) is 4.03. The lowest BCUT2D eigenvalue weighted by Crippen LogP contribution is -2.68. The molecule has 1 N–H and O–H groups in total. The highest BCUT2D eigenvalue weighted by atomic mass is 16.4. The molecule has 0 aliphatic carbocycles. The Balaban J connectivity index is 1.95. The molecule has 6 nitrogen and oxygen atoms in total. The maximum atomic E-state index is 13.3. The Morgan fingerprint density at radius 2 is 1.70 bits per heavy atom. The van der Waals surface area contributed by atoms with Crippen molar-refractivity contribution in [2.24, 2.45) is 0 Å². The number of fused-ring (bicyclic) bond motifs is 3. The summed E-state index contributed by atoms with van der Waals surface area (Å²) in [5, 5.41) is 10.1. The topological polar surface area (TPSA) is 77.9 Å². The molecule has 0 radical (unpaired) electrons. The van der Waals surface area contributed by atoms with Crippen LogP contribution in [0, 0.1) is 0 Å². The molecular formula is C21H20N2O4. The normalized spacial score (nSPS) is 21.4. The molecule has 6 heteroatoms. The van der Waals surface area contributed by atoms with Gasteiger partial charge in [0.25, 0.3) is 5.91 Å². The van der Waals surface area contributed by atoms with Crippen LogP contribution in [-0.2, 0) is 9.59 Å². The van der Waals surface area contributed by atoms with Gasteiger partial charge in [0.1, 0.15) is 0 Å². The summed E-state index contributed by atoms with van der Waals surface area (Å²) in [6.07, 6.45) is 0.127. The summed E-state index contributed by atoms with van der Waals surface area (Å²) in [4.78, 5) is 40.9. The zero-order chi connectivity index (χ0) is 19.3. The lowest BCUT2D eigenvalue weighted by Gasteiger charge is -2.47. The highest BCUT2D eigenvalue weighted by Gasteiger charge is 2.61. The minimum Gasteiger partial charge on any atom is -0.478 e. The first-order valence-electron chi connectivity index (χ1n) is 8.98. The maximum Gasteiger partial charge on any atom is 0.351 e. The summed E-state index contributed by atoms with van der Waals surface area (Å²) < 4.78 is 0. The van der Waals surface area contributed by atoms with Gasteiger partial charge in [-0.15, -0.1) is 0 Å². The van der Waals surface area contributed by atoms with E-state index in [1.54, 1.807) is 36.4 Å². The van der Waals surface area contributed by atoms with E-state index < -0.39 is 17.5 Å². The van der Waals surface area contributed by atoms with Crippen molar-refractivity contribution in [2.45, 2.75) is 38.3 Å². The second kappa shape index (κ2) is 5.94. The number of benzene rings is 2. The lowest BCUT2D eigenvalue weighted by molar-refractivity contribution is -0.143. The van der Waals surface area contributed by atoms with E-state index in [9.17, 15) is 19.5 Å². The van der Waals surface area contributed by atoms with Crippen molar-refractivity contribution in [1.29, 1.82) is 0 Å². The summed E-state index contributed by atoms with van der Waals surface area (Å²) in [5.74, 6) is -1.59. The van der Waals surface area contributed by atoms with E-state index in [4.69, 9.17) is 0 Å². The van der Waals surface area contributed by atoms with Gasteiger partial charge in [0.15, 0.2) is 0 Å². The van der Waals surface area contributed by atoms with E-state index in [1.807, 2.05) is 12.1 Å². The minimum absolute atomic E-state index is 0.0488. The van der Waals surface area contributed by atoms with Crippen molar-refractivity contribution >= 4 is 29.2 Å². The summed E-state index contributed by atoms with van der Waals surface area (Å²) in [5.41, 5.74) is 0.523. The highest BCUT2D eigenvalue weighted by molar-refractivity contribution is 6.22. The third-order valence-corrected chi connectivity index (χ3v) is 5.42. The standard InChI is InChI=1S/C21H20N2O4/c1-13(2)14-7-9-15(10-8-14)22-19(25)16-5-3-4-6-17(16)23-18(24)11-12-21(22,23)20(26)27/h3-10,13H,11-12H2,1-2H3,(H,26,27). The minimum atomic E-state index is -1.73. The molecule has 1 atom stereocenters. The molecule has 1 unspecified atom stereocenters. The molecule has 2 aliphatic rings. The predicted octanol–water partition coefficient (Wildman–Crippen LogP) is 3.38. The lowest BCUT2D eigenvalue weighted by atomic mass is 9.95. The maximum absolute atomic E-state index is 13.3. The molecule has 2 aliphatic heterocycles. The van der Waals surface area contributed by atoms with Gasteiger partial charge >= 0.3 is 5.97 Å². The molecule has 4 rings (SSSR count). The summed E-state index contributed by atoms with van der Waals surface area (Å²) >= 11 is 0. The molecule has 27 heavy (non-hydrogen) atoms. The molecule has 1 saturated heterocycles. The van der Waals surface area contributed by atoms with Crippen LogP contribution in [0.1, 0.15) is 48.5 Å². The number of anilines is 2. The highest BCUT2D eigenvalue weighted by Crippen LogP contribution is 2.46. The smallest absolute Gasteiger partial charge is 0.351 e. The summed E-state index contributed by atoms with van der Waals surface area (Å²) in [6, 6.07) is 14.0. The van der Waals surface area contributed by atoms with Gasteiger partial charge in [-0.3, -0.25) is 19.4 Å². The van der Waals surface area contributed by atoms with Crippen molar-refractivity contribution in [1.82, 2.24) is 0 Å². The Morgan fingerprint density at radius 3 is 2.33 bits per heavy atom. The number of carboxylic acid groups (broad SMARTS) is 1. The molecule has 2 heterocycles. The molecule has 2 aromatic rings. The van der Waals surface area contributed by atoms with Gasteiger partial charge in [0.05, 0.1) is 11.3 Å². The van der Waals surface area contributed by atoms with Crippen molar-refractivity contribution < 1.29 is 19.5 Å². The van der Waals surface area contributed by atoms with Gasteiger partial charge in [0.2, 0.25) is 11.6 Å². The molecule has 0 bridgehead atoms. The largest absolute Gasteiger partial charge is 0.478 e. The monoisotopic (exact) mass is 364 g/mol. The predicted molar refractivity (Wildman–Crippen MR) is 101 cm³/mol. The first-order valence-corrected chi connectivity index (χ1v) is 8.98. The van der Waals surface area contributed by atoms with Crippen LogP contribution in [0.4, 0.5) is 11.4 Å². The van der Waals surface area contributed by atoms with Gasteiger partial charge in [-0.2, -0.15) is 0 Å². The van der Waals surface area contributed by atoms with Crippen LogP contribution in [0.15, 0.2) is 48.5 Å². The average molecular weight is 364 g/mol. The van der Waals surface area contributed by atoms with Gasteiger partial charge < -0.3 is 5.11 Å². The number of para-hydroxylation sites is 1. The van der Waals surface area contributed by atoms with Gasteiger partial charge in [-0.25, -0.2) is 4.79 Å². The van der Waals surface area contributed by atoms with Gasteiger partial charge in [0, 0.05) is 18.5 Å². The Labute approximate surface area is 157 Å². The van der Waals surface area contributed by atoms with E-state index in [2.05, 4.69) is 13.8 Å². The van der Waals surface area contributed by atoms with Crippen molar-refractivity contribution in [3.8, 4) is 0 Å². The number of carbonyl (C=O) groups is 3. The quantitative estimate of drug-likeness (QED) is 0.906. The number of hydrogen-bond acceptors (Lipinski definition) is 3. The Kier molecular flexibility index (Phi) is 3.80. The van der Waals surface area contributed by atoms with Crippen molar-refractivity contribution in [2.75, 3.05) is 9.80 Å². The van der Waals surface area contributed by atoms with Crippen LogP contribution in [0.5, 0.6) is 0 Å². The fourth-order valence-electron chi connectivity index (χ4n) is 4.03. The average Bonchev–Trinajstić information content (AvgIpc) is 3.01. The SMILES string of the molecule is CC(C)c1ccc(N2C(=O)c3ccccc3N3C(=O)CCC23C(=O)O)cc1.